The minimum absolute atomic E-state index is 0.178. The van der Waals surface area contributed by atoms with Crippen LogP contribution in [0.3, 0.4) is 0 Å². The second kappa shape index (κ2) is 7.77. The third kappa shape index (κ3) is 3.21. The highest BCUT2D eigenvalue weighted by Crippen LogP contribution is 2.36. The van der Waals surface area contributed by atoms with E-state index in [0.717, 1.165) is 56.6 Å². The number of hydrogen-bond donors (Lipinski definition) is 1. The second-order valence-corrected chi connectivity index (χ2v) is 8.67. The molecule has 0 bridgehead atoms. The van der Waals surface area contributed by atoms with Crippen molar-refractivity contribution >= 4 is 23.6 Å². The summed E-state index contributed by atoms with van der Waals surface area (Å²) in [5.41, 5.74) is 2.72. The van der Waals surface area contributed by atoms with Gasteiger partial charge < -0.3 is 14.7 Å². The molecule has 170 valence electrons. The SMILES string of the molecule is CC1=C(C)N2C(=NC3C2C(=O)NC(=O)N3C)N1CCN1CCN(c2ccccc2F)CC1. The average molecular weight is 442 g/mol. The van der Waals surface area contributed by atoms with Crippen LogP contribution in [0.1, 0.15) is 13.8 Å². The number of piperazine rings is 1. The normalized spacial score (nSPS) is 25.9. The van der Waals surface area contributed by atoms with Crippen LogP contribution in [0.4, 0.5) is 14.9 Å². The van der Waals surface area contributed by atoms with E-state index in [2.05, 4.69) is 20.0 Å². The van der Waals surface area contributed by atoms with Crippen LogP contribution in [0.2, 0.25) is 0 Å². The predicted octanol–water partition coefficient (Wildman–Crippen LogP) is 1.06. The molecule has 32 heavy (non-hydrogen) atoms. The number of likely N-dealkylation sites (N-methyl/N-ethyl adjacent to an activating group) is 1. The molecule has 4 aliphatic rings. The van der Waals surface area contributed by atoms with Crippen molar-refractivity contribution in [2.75, 3.05) is 51.2 Å². The third-order valence-electron chi connectivity index (χ3n) is 6.98. The molecule has 10 heteroatoms. The van der Waals surface area contributed by atoms with Crippen LogP contribution in [0, 0.1) is 5.82 Å². The zero-order chi connectivity index (χ0) is 22.6. The van der Waals surface area contributed by atoms with Crippen molar-refractivity contribution in [3.8, 4) is 0 Å². The molecule has 0 saturated carbocycles. The lowest BCUT2D eigenvalue weighted by atomic mass is 10.1. The molecule has 0 spiro atoms. The lowest BCUT2D eigenvalue weighted by molar-refractivity contribution is -0.126. The first kappa shape index (κ1) is 20.7. The van der Waals surface area contributed by atoms with E-state index in [1.54, 1.807) is 13.1 Å². The fraction of sp³-hybridized carbons (Fsp3) is 0.500. The number of imide groups is 1. The number of fused-ring (bicyclic) bond motifs is 3. The van der Waals surface area contributed by atoms with Crippen LogP contribution < -0.4 is 10.2 Å². The largest absolute Gasteiger partial charge is 0.367 e. The number of nitrogens with zero attached hydrogens (tertiary/aromatic N) is 6. The number of carbonyl (C=O) groups excluding carboxylic acids is 2. The van der Waals surface area contributed by atoms with E-state index >= 15 is 0 Å². The summed E-state index contributed by atoms with van der Waals surface area (Å²) in [7, 11) is 1.66. The fourth-order valence-electron chi connectivity index (χ4n) is 4.96. The molecule has 4 heterocycles. The van der Waals surface area contributed by atoms with Crippen LogP contribution in [-0.4, -0.2) is 96.0 Å². The van der Waals surface area contributed by atoms with Gasteiger partial charge in [-0.15, -0.1) is 0 Å². The molecule has 0 aliphatic carbocycles. The summed E-state index contributed by atoms with van der Waals surface area (Å²) in [5, 5.41) is 2.42. The molecular formula is C22H28FN7O2. The van der Waals surface area contributed by atoms with Gasteiger partial charge in [-0.3, -0.25) is 19.9 Å². The second-order valence-electron chi connectivity index (χ2n) is 8.67. The molecule has 1 aromatic rings. The molecule has 3 amide bonds. The van der Waals surface area contributed by atoms with Gasteiger partial charge in [-0.1, -0.05) is 12.1 Å². The van der Waals surface area contributed by atoms with Gasteiger partial charge in [-0.05, 0) is 26.0 Å². The molecule has 0 radical (unpaired) electrons. The predicted molar refractivity (Wildman–Crippen MR) is 118 cm³/mol. The molecular weight excluding hydrogens is 413 g/mol. The first-order valence-corrected chi connectivity index (χ1v) is 11.0. The van der Waals surface area contributed by atoms with Crippen molar-refractivity contribution < 1.29 is 14.0 Å². The van der Waals surface area contributed by atoms with Crippen molar-refractivity contribution in [3.63, 3.8) is 0 Å². The number of amides is 3. The summed E-state index contributed by atoms with van der Waals surface area (Å²) in [6.07, 6.45) is -0.513. The molecule has 0 aromatic heterocycles. The summed E-state index contributed by atoms with van der Waals surface area (Å²) in [6, 6.07) is 5.97. The van der Waals surface area contributed by atoms with E-state index in [9.17, 15) is 14.0 Å². The number of urea groups is 1. The number of hydrogen-bond acceptors (Lipinski definition) is 7. The lowest BCUT2D eigenvalue weighted by Crippen LogP contribution is -2.63. The number of nitrogens with one attached hydrogen (secondary N) is 1. The molecule has 2 unspecified atom stereocenters. The van der Waals surface area contributed by atoms with Crippen molar-refractivity contribution in [2.24, 2.45) is 4.99 Å². The van der Waals surface area contributed by atoms with Crippen molar-refractivity contribution in [2.45, 2.75) is 26.1 Å². The Labute approximate surface area is 186 Å². The Bertz CT molecular complexity index is 1020. The quantitative estimate of drug-likeness (QED) is 0.753. The standard InChI is InChI=1S/C22H28FN7O2/c1-14-15(2)30-18-19(26(3)22(32)25-20(18)31)24-21(30)29(14)13-10-27-8-11-28(12-9-27)17-7-5-4-6-16(17)23/h4-7,18-19H,8-13H2,1-3H3,(H,25,31,32). The monoisotopic (exact) mass is 441 g/mol. The highest BCUT2D eigenvalue weighted by atomic mass is 19.1. The molecule has 2 fully saturated rings. The summed E-state index contributed by atoms with van der Waals surface area (Å²) < 4.78 is 14.1. The Balaban J connectivity index is 1.24. The van der Waals surface area contributed by atoms with Crippen molar-refractivity contribution in [1.29, 1.82) is 0 Å². The van der Waals surface area contributed by atoms with Crippen molar-refractivity contribution in [3.05, 3.63) is 41.5 Å². The Morgan fingerprint density at radius 1 is 1.06 bits per heavy atom. The maximum absolute atomic E-state index is 14.1. The van der Waals surface area contributed by atoms with Crippen LogP contribution >= 0.6 is 0 Å². The van der Waals surface area contributed by atoms with Gasteiger partial charge in [-0.25, -0.2) is 14.2 Å². The Hall–Kier alpha value is -3.14. The van der Waals surface area contributed by atoms with Crippen LogP contribution in [-0.2, 0) is 4.79 Å². The Kier molecular flexibility index (Phi) is 5.04. The number of benzene rings is 1. The van der Waals surface area contributed by atoms with Crippen LogP contribution in [0.25, 0.3) is 0 Å². The molecule has 9 nitrogen and oxygen atoms in total. The summed E-state index contributed by atoms with van der Waals surface area (Å²) in [6.45, 7) is 8.85. The number of halogens is 1. The summed E-state index contributed by atoms with van der Waals surface area (Å²) in [5.74, 6) is 0.245. The highest BCUT2D eigenvalue weighted by Gasteiger charge is 2.53. The minimum Gasteiger partial charge on any atom is -0.367 e. The van der Waals surface area contributed by atoms with E-state index in [0.29, 0.717) is 5.69 Å². The Morgan fingerprint density at radius 2 is 1.78 bits per heavy atom. The van der Waals surface area contributed by atoms with Gasteiger partial charge in [-0.2, -0.15) is 0 Å². The summed E-state index contributed by atoms with van der Waals surface area (Å²) in [4.78, 5) is 39.4. The maximum Gasteiger partial charge on any atom is 0.325 e. The first-order valence-electron chi connectivity index (χ1n) is 11.0. The van der Waals surface area contributed by atoms with E-state index in [4.69, 9.17) is 4.99 Å². The molecule has 1 aromatic carbocycles. The number of rotatable bonds is 4. The minimum atomic E-state index is -0.531. The summed E-state index contributed by atoms with van der Waals surface area (Å²) >= 11 is 0. The average Bonchev–Trinajstić information content (AvgIpc) is 3.28. The number of anilines is 1. The van der Waals surface area contributed by atoms with E-state index in [1.807, 2.05) is 30.9 Å². The van der Waals surface area contributed by atoms with Crippen molar-refractivity contribution in [1.82, 2.24) is 24.9 Å². The molecule has 2 atom stereocenters. The van der Waals surface area contributed by atoms with Gasteiger partial charge in [0.2, 0.25) is 5.96 Å². The lowest BCUT2D eigenvalue weighted by Gasteiger charge is -2.37. The van der Waals surface area contributed by atoms with Gasteiger partial charge in [0.15, 0.2) is 12.2 Å². The Morgan fingerprint density at radius 3 is 2.50 bits per heavy atom. The number of para-hydroxylation sites is 1. The number of carbonyl (C=O) groups is 2. The van der Waals surface area contributed by atoms with Crippen LogP contribution in [0.5, 0.6) is 0 Å². The third-order valence-corrected chi connectivity index (χ3v) is 6.98. The zero-order valence-electron chi connectivity index (χ0n) is 18.6. The zero-order valence-corrected chi connectivity index (χ0v) is 18.6. The smallest absolute Gasteiger partial charge is 0.325 e. The topological polar surface area (TPSA) is 74.7 Å². The number of allylic oxidation sites excluding steroid dienone is 2. The number of guanidine groups is 1. The van der Waals surface area contributed by atoms with E-state index < -0.39 is 18.2 Å². The maximum atomic E-state index is 14.1. The van der Waals surface area contributed by atoms with Gasteiger partial charge in [0.05, 0.1) is 5.69 Å². The van der Waals surface area contributed by atoms with E-state index in [-0.39, 0.29) is 11.7 Å². The van der Waals surface area contributed by atoms with Gasteiger partial charge in [0, 0.05) is 57.7 Å². The van der Waals surface area contributed by atoms with Gasteiger partial charge in [0.1, 0.15) is 5.82 Å². The highest BCUT2D eigenvalue weighted by molar-refractivity contribution is 6.05. The molecule has 5 rings (SSSR count). The first-order chi connectivity index (χ1) is 15.4. The molecule has 4 aliphatic heterocycles. The van der Waals surface area contributed by atoms with E-state index in [1.165, 1.54) is 11.0 Å². The van der Waals surface area contributed by atoms with Gasteiger partial charge in [0.25, 0.3) is 5.91 Å². The fourth-order valence-corrected chi connectivity index (χ4v) is 4.96. The van der Waals surface area contributed by atoms with Crippen LogP contribution in [0.15, 0.2) is 40.7 Å². The molecule has 2 saturated heterocycles. The van der Waals surface area contributed by atoms with Gasteiger partial charge >= 0.3 is 6.03 Å². The molecule has 1 N–H and O–H groups in total. The number of aliphatic imine (C=N–C) groups is 1.